The largest absolute Gasteiger partial charge is 0.462 e. The Kier molecular flexibility index (Phi) is 7.11. The number of carbonyl (C=O) groups is 3. The first-order valence-electron chi connectivity index (χ1n) is 8.90. The molecule has 0 aliphatic rings. The molecule has 0 bridgehead atoms. The van der Waals surface area contributed by atoms with Crippen molar-refractivity contribution in [3.63, 3.8) is 0 Å². The van der Waals surface area contributed by atoms with Crippen LogP contribution in [0.25, 0.3) is 0 Å². The van der Waals surface area contributed by atoms with Gasteiger partial charge in [-0.05, 0) is 55.0 Å². The van der Waals surface area contributed by atoms with E-state index in [4.69, 9.17) is 4.74 Å². The molecule has 2 amide bonds. The van der Waals surface area contributed by atoms with Crippen molar-refractivity contribution in [1.82, 2.24) is 0 Å². The van der Waals surface area contributed by atoms with Crippen molar-refractivity contribution in [2.24, 2.45) is 5.92 Å². The number of rotatable bonds is 7. The molecule has 0 atom stereocenters. The van der Waals surface area contributed by atoms with E-state index in [1.165, 1.54) is 0 Å². The van der Waals surface area contributed by atoms with E-state index in [1.807, 2.05) is 20.8 Å². The van der Waals surface area contributed by atoms with E-state index < -0.39 is 0 Å². The molecule has 0 aliphatic carbocycles. The Balaban J connectivity index is 1.96. The van der Waals surface area contributed by atoms with Crippen molar-refractivity contribution < 1.29 is 19.1 Å². The molecular formula is C21H24N2O4. The Morgan fingerprint density at radius 2 is 1.37 bits per heavy atom. The first-order chi connectivity index (χ1) is 12.9. The fourth-order valence-corrected chi connectivity index (χ4v) is 2.16. The highest BCUT2D eigenvalue weighted by molar-refractivity contribution is 6.05. The topological polar surface area (TPSA) is 84.5 Å². The predicted molar refractivity (Wildman–Crippen MR) is 105 cm³/mol. The molecule has 2 aromatic rings. The van der Waals surface area contributed by atoms with Gasteiger partial charge in [0.25, 0.3) is 5.91 Å². The van der Waals surface area contributed by atoms with Crippen LogP contribution in [-0.2, 0) is 9.53 Å². The minimum atomic E-state index is -0.381. The van der Waals surface area contributed by atoms with Gasteiger partial charge in [0.05, 0.1) is 12.2 Å². The molecule has 2 N–H and O–H groups in total. The van der Waals surface area contributed by atoms with Crippen LogP contribution in [-0.4, -0.2) is 24.4 Å². The lowest BCUT2D eigenvalue weighted by Crippen LogP contribution is -2.18. The number of esters is 1. The van der Waals surface area contributed by atoms with Gasteiger partial charge in [0.2, 0.25) is 5.91 Å². The summed E-state index contributed by atoms with van der Waals surface area (Å²) in [5, 5.41) is 5.54. The third kappa shape index (κ3) is 5.95. The normalized spacial score (nSPS) is 10.4. The Hall–Kier alpha value is -3.15. The summed E-state index contributed by atoms with van der Waals surface area (Å²) in [6.45, 7) is 5.93. The third-order valence-electron chi connectivity index (χ3n) is 3.75. The number of carbonyl (C=O) groups excluding carboxylic acids is 3. The summed E-state index contributed by atoms with van der Waals surface area (Å²) < 4.78 is 5.06. The molecule has 6 heteroatoms. The smallest absolute Gasteiger partial charge is 0.338 e. The number of nitrogens with one attached hydrogen (secondary N) is 2. The van der Waals surface area contributed by atoms with Crippen molar-refractivity contribution in [3.8, 4) is 0 Å². The minimum absolute atomic E-state index is 0.0789. The van der Waals surface area contributed by atoms with Crippen LogP contribution in [0.4, 0.5) is 11.4 Å². The van der Waals surface area contributed by atoms with E-state index >= 15 is 0 Å². The molecule has 0 aromatic heterocycles. The van der Waals surface area contributed by atoms with E-state index in [-0.39, 0.29) is 23.7 Å². The zero-order valence-corrected chi connectivity index (χ0v) is 15.7. The Bertz CT molecular complexity index is 796. The lowest BCUT2D eigenvalue weighted by molar-refractivity contribution is -0.118. The third-order valence-corrected chi connectivity index (χ3v) is 3.75. The summed E-state index contributed by atoms with van der Waals surface area (Å²) in [5.74, 6) is -0.855. The quantitative estimate of drug-likeness (QED) is 0.721. The first-order valence-corrected chi connectivity index (χ1v) is 8.90. The SMILES string of the molecule is CCCOC(=O)c1ccc(NC(=O)c2ccc(NC(=O)C(C)C)cc2)cc1. The number of hydrogen-bond donors (Lipinski definition) is 2. The van der Waals surface area contributed by atoms with Crippen molar-refractivity contribution >= 4 is 29.2 Å². The van der Waals surface area contributed by atoms with Crippen LogP contribution in [0.15, 0.2) is 48.5 Å². The molecule has 27 heavy (non-hydrogen) atoms. The van der Waals surface area contributed by atoms with Gasteiger partial charge in [0.1, 0.15) is 0 Å². The monoisotopic (exact) mass is 368 g/mol. The lowest BCUT2D eigenvalue weighted by atomic mass is 10.1. The maximum Gasteiger partial charge on any atom is 0.338 e. The molecule has 0 saturated carbocycles. The highest BCUT2D eigenvalue weighted by Gasteiger charge is 2.10. The maximum atomic E-state index is 12.3. The zero-order chi connectivity index (χ0) is 19.8. The summed E-state index contributed by atoms with van der Waals surface area (Å²) in [7, 11) is 0. The highest BCUT2D eigenvalue weighted by atomic mass is 16.5. The summed E-state index contributed by atoms with van der Waals surface area (Å²) in [6, 6.07) is 13.2. The molecule has 0 unspecified atom stereocenters. The van der Waals surface area contributed by atoms with Gasteiger partial charge in [-0.1, -0.05) is 20.8 Å². The van der Waals surface area contributed by atoms with E-state index in [2.05, 4.69) is 10.6 Å². The molecule has 2 rings (SSSR count). The summed E-state index contributed by atoms with van der Waals surface area (Å²) in [4.78, 5) is 35.8. The van der Waals surface area contributed by atoms with Crippen molar-refractivity contribution in [1.29, 1.82) is 0 Å². The average molecular weight is 368 g/mol. The second-order valence-corrected chi connectivity index (χ2v) is 6.39. The van der Waals surface area contributed by atoms with Gasteiger partial charge < -0.3 is 15.4 Å². The molecule has 0 fully saturated rings. The number of amides is 2. The van der Waals surface area contributed by atoms with Crippen molar-refractivity contribution in [3.05, 3.63) is 59.7 Å². The van der Waals surface area contributed by atoms with Gasteiger partial charge in [-0.15, -0.1) is 0 Å². The molecule has 2 aromatic carbocycles. The Labute approximate surface area is 158 Å². The molecule has 0 spiro atoms. The number of anilines is 2. The van der Waals surface area contributed by atoms with Crippen LogP contribution >= 0.6 is 0 Å². The van der Waals surface area contributed by atoms with Gasteiger partial charge in [0.15, 0.2) is 0 Å². The Morgan fingerprint density at radius 1 is 0.852 bits per heavy atom. The van der Waals surface area contributed by atoms with Crippen LogP contribution < -0.4 is 10.6 Å². The standard InChI is InChI=1S/C21H24N2O4/c1-4-13-27-21(26)16-7-11-18(12-8-16)23-20(25)15-5-9-17(10-6-15)22-19(24)14(2)3/h5-12,14H,4,13H2,1-3H3,(H,22,24)(H,23,25). The summed E-state index contributed by atoms with van der Waals surface area (Å²) in [6.07, 6.45) is 0.764. The van der Waals surface area contributed by atoms with Gasteiger partial charge in [-0.25, -0.2) is 4.79 Å². The molecule has 0 heterocycles. The van der Waals surface area contributed by atoms with Crippen LogP contribution in [0.3, 0.4) is 0 Å². The van der Waals surface area contributed by atoms with Crippen LogP contribution in [0.2, 0.25) is 0 Å². The summed E-state index contributed by atoms with van der Waals surface area (Å²) >= 11 is 0. The van der Waals surface area contributed by atoms with Crippen molar-refractivity contribution in [2.75, 3.05) is 17.2 Å². The lowest BCUT2D eigenvalue weighted by Gasteiger charge is -2.09. The zero-order valence-electron chi connectivity index (χ0n) is 15.7. The minimum Gasteiger partial charge on any atom is -0.462 e. The molecule has 0 radical (unpaired) electrons. The number of benzene rings is 2. The van der Waals surface area contributed by atoms with E-state index in [0.717, 1.165) is 6.42 Å². The van der Waals surface area contributed by atoms with Gasteiger partial charge in [-0.2, -0.15) is 0 Å². The number of ether oxygens (including phenoxy) is 1. The van der Waals surface area contributed by atoms with Gasteiger partial charge >= 0.3 is 5.97 Å². The predicted octanol–water partition coefficient (Wildman–Crippen LogP) is 4.10. The highest BCUT2D eigenvalue weighted by Crippen LogP contribution is 2.15. The summed E-state index contributed by atoms with van der Waals surface area (Å²) in [5.41, 5.74) is 2.11. The second-order valence-electron chi connectivity index (χ2n) is 6.39. The van der Waals surface area contributed by atoms with Crippen LogP contribution in [0.5, 0.6) is 0 Å². The van der Waals surface area contributed by atoms with Gasteiger partial charge in [-0.3, -0.25) is 9.59 Å². The average Bonchev–Trinajstić information content (AvgIpc) is 2.67. The molecule has 142 valence electrons. The number of hydrogen-bond acceptors (Lipinski definition) is 4. The molecule has 0 saturated heterocycles. The first kappa shape index (κ1) is 20.2. The fourth-order valence-electron chi connectivity index (χ4n) is 2.16. The van der Waals surface area contributed by atoms with E-state index in [0.29, 0.717) is 29.1 Å². The Morgan fingerprint density at radius 3 is 1.89 bits per heavy atom. The van der Waals surface area contributed by atoms with E-state index in [9.17, 15) is 14.4 Å². The van der Waals surface area contributed by atoms with Gasteiger partial charge in [0, 0.05) is 22.9 Å². The molecule has 0 aliphatic heterocycles. The fraction of sp³-hybridized carbons (Fsp3) is 0.286. The van der Waals surface area contributed by atoms with Crippen LogP contribution in [0.1, 0.15) is 47.9 Å². The molecule has 6 nitrogen and oxygen atoms in total. The van der Waals surface area contributed by atoms with Crippen LogP contribution in [0, 0.1) is 5.92 Å². The van der Waals surface area contributed by atoms with E-state index in [1.54, 1.807) is 48.5 Å². The molecular weight excluding hydrogens is 344 g/mol. The van der Waals surface area contributed by atoms with Crippen molar-refractivity contribution in [2.45, 2.75) is 27.2 Å². The maximum absolute atomic E-state index is 12.3. The second kappa shape index (κ2) is 9.52.